The number of sulfonamides is 1. The van der Waals surface area contributed by atoms with Crippen LogP contribution >= 0.6 is 0 Å². The van der Waals surface area contributed by atoms with E-state index in [0.29, 0.717) is 6.54 Å². The Morgan fingerprint density at radius 1 is 1.19 bits per heavy atom. The monoisotopic (exact) mass is 241 g/mol. The predicted molar refractivity (Wildman–Crippen MR) is 67.1 cm³/mol. The van der Waals surface area contributed by atoms with Gasteiger partial charge in [0.1, 0.15) is 0 Å². The largest absolute Gasteiger partial charge is 0.215 e. The first-order valence-electron chi connectivity index (χ1n) is 5.48. The van der Waals surface area contributed by atoms with Gasteiger partial charge in [-0.05, 0) is 43.9 Å². The Morgan fingerprint density at radius 3 is 2.44 bits per heavy atom. The normalized spacial score (nSPS) is 11.7. The topological polar surface area (TPSA) is 46.2 Å². The van der Waals surface area contributed by atoms with Crippen molar-refractivity contribution in [1.82, 2.24) is 4.72 Å². The summed E-state index contributed by atoms with van der Waals surface area (Å²) in [6.07, 6.45) is 0.736. The molecule has 90 valence electrons. The van der Waals surface area contributed by atoms with Gasteiger partial charge >= 0.3 is 0 Å². The molecule has 0 radical (unpaired) electrons. The molecule has 4 heteroatoms. The highest BCUT2D eigenvalue weighted by Gasteiger charge is 2.05. The van der Waals surface area contributed by atoms with Gasteiger partial charge in [-0.15, -0.1) is 0 Å². The summed E-state index contributed by atoms with van der Waals surface area (Å²) in [5.41, 5.74) is 3.68. The van der Waals surface area contributed by atoms with Crippen molar-refractivity contribution in [2.24, 2.45) is 0 Å². The van der Waals surface area contributed by atoms with E-state index in [2.05, 4.69) is 30.7 Å². The lowest BCUT2D eigenvalue weighted by Gasteiger charge is -2.06. The second kappa shape index (κ2) is 5.46. The van der Waals surface area contributed by atoms with Crippen LogP contribution in [-0.2, 0) is 16.4 Å². The van der Waals surface area contributed by atoms with Crippen LogP contribution in [0.4, 0.5) is 0 Å². The molecule has 0 aliphatic heterocycles. The second-order valence-corrected chi connectivity index (χ2v) is 6.06. The van der Waals surface area contributed by atoms with E-state index in [4.69, 9.17) is 0 Å². The lowest BCUT2D eigenvalue weighted by molar-refractivity contribution is 0.583. The highest BCUT2D eigenvalue weighted by molar-refractivity contribution is 7.89. The molecule has 1 N–H and O–H groups in total. The minimum atomic E-state index is -3.06. The average molecular weight is 241 g/mol. The van der Waals surface area contributed by atoms with E-state index in [1.807, 2.05) is 6.07 Å². The summed E-state index contributed by atoms with van der Waals surface area (Å²) < 4.78 is 25.0. The van der Waals surface area contributed by atoms with E-state index >= 15 is 0 Å². The molecule has 3 nitrogen and oxygen atoms in total. The molecule has 1 rings (SSSR count). The Kier molecular flexibility index (Phi) is 4.50. The van der Waals surface area contributed by atoms with Crippen molar-refractivity contribution in [2.75, 3.05) is 12.3 Å². The highest BCUT2D eigenvalue weighted by Crippen LogP contribution is 2.09. The number of nitrogens with one attached hydrogen (secondary N) is 1. The minimum Gasteiger partial charge on any atom is -0.215 e. The number of benzene rings is 1. The third-order valence-corrected chi connectivity index (χ3v) is 4.09. The molecule has 16 heavy (non-hydrogen) atoms. The Hall–Kier alpha value is -0.870. The van der Waals surface area contributed by atoms with Gasteiger partial charge in [0.15, 0.2) is 0 Å². The fraction of sp³-hybridized carbons (Fsp3) is 0.500. The van der Waals surface area contributed by atoms with Crippen LogP contribution in [0.25, 0.3) is 0 Å². The summed E-state index contributed by atoms with van der Waals surface area (Å²) >= 11 is 0. The Balaban J connectivity index is 2.53. The van der Waals surface area contributed by atoms with E-state index in [1.54, 1.807) is 6.92 Å². The number of aryl methyl sites for hydroxylation is 2. The van der Waals surface area contributed by atoms with Gasteiger partial charge in [-0.25, -0.2) is 13.1 Å². The Bertz CT molecular complexity index is 452. The van der Waals surface area contributed by atoms with Crippen molar-refractivity contribution in [3.63, 3.8) is 0 Å². The molecule has 0 fully saturated rings. The van der Waals surface area contributed by atoms with E-state index < -0.39 is 10.0 Å². The van der Waals surface area contributed by atoms with Crippen molar-refractivity contribution in [1.29, 1.82) is 0 Å². The summed E-state index contributed by atoms with van der Waals surface area (Å²) in [5, 5.41) is 0. The van der Waals surface area contributed by atoms with Crippen LogP contribution in [0.15, 0.2) is 18.2 Å². The number of hydrogen-bond acceptors (Lipinski definition) is 2. The van der Waals surface area contributed by atoms with Crippen LogP contribution in [0.2, 0.25) is 0 Å². The van der Waals surface area contributed by atoms with Crippen molar-refractivity contribution < 1.29 is 8.42 Å². The molecule has 0 aliphatic rings. The Morgan fingerprint density at radius 2 is 1.88 bits per heavy atom. The standard InChI is InChI=1S/C12H19NO2S/c1-4-16(14,15)13-8-7-12-6-5-10(2)11(3)9-12/h5-6,9,13H,4,7-8H2,1-3H3. The van der Waals surface area contributed by atoms with Crippen LogP contribution in [0.3, 0.4) is 0 Å². The van der Waals surface area contributed by atoms with E-state index in [0.717, 1.165) is 6.42 Å². The van der Waals surface area contributed by atoms with Gasteiger partial charge in [0.05, 0.1) is 5.75 Å². The van der Waals surface area contributed by atoms with Gasteiger partial charge in [-0.2, -0.15) is 0 Å². The molecule has 1 aromatic carbocycles. The smallest absolute Gasteiger partial charge is 0.211 e. The van der Waals surface area contributed by atoms with E-state index in [-0.39, 0.29) is 5.75 Å². The lowest BCUT2D eigenvalue weighted by atomic mass is 10.0. The maximum absolute atomic E-state index is 11.2. The molecule has 0 bridgehead atoms. The maximum atomic E-state index is 11.2. The highest BCUT2D eigenvalue weighted by atomic mass is 32.2. The fourth-order valence-electron chi connectivity index (χ4n) is 1.41. The zero-order chi connectivity index (χ0) is 12.2. The third-order valence-electron chi connectivity index (χ3n) is 2.69. The quantitative estimate of drug-likeness (QED) is 0.854. The van der Waals surface area contributed by atoms with Crippen LogP contribution < -0.4 is 4.72 Å². The molecule has 0 unspecified atom stereocenters. The molecular weight excluding hydrogens is 222 g/mol. The lowest BCUT2D eigenvalue weighted by Crippen LogP contribution is -2.27. The Labute approximate surface area is 97.9 Å². The minimum absolute atomic E-state index is 0.139. The zero-order valence-electron chi connectivity index (χ0n) is 10.1. The van der Waals surface area contributed by atoms with E-state index in [9.17, 15) is 8.42 Å². The van der Waals surface area contributed by atoms with Crippen molar-refractivity contribution in [2.45, 2.75) is 27.2 Å². The maximum Gasteiger partial charge on any atom is 0.211 e. The summed E-state index contributed by atoms with van der Waals surface area (Å²) in [7, 11) is -3.06. The number of rotatable bonds is 5. The molecule has 1 aromatic rings. The molecule has 0 spiro atoms. The summed E-state index contributed by atoms with van der Waals surface area (Å²) in [6.45, 7) is 6.24. The van der Waals surface area contributed by atoms with Gasteiger partial charge in [0.2, 0.25) is 10.0 Å². The molecule has 0 heterocycles. The molecular formula is C12H19NO2S. The third kappa shape index (κ3) is 3.94. The SMILES string of the molecule is CCS(=O)(=O)NCCc1ccc(C)c(C)c1. The zero-order valence-corrected chi connectivity index (χ0v) is 10.9. The second-order valence-electron chi connectivity index (χ2n) is 3.97. The van der Waals surface area contributed by atoms with Gasteiger partial charge < -0.3 is 0 Å². The first-order valence-corrected chi connectivity index (χ1v) is 7.13. The predicted octanol–water partition coefficient (Wildman–Crippen LogP) is 1.79. The van der Waals surface area contributed by atoms with Crippen molar-refractivity contribution >= 4 is 10.0 Å². The molecule has 0 saturated carbocycles. The number of hydrogen-bond donors (Lipinski definition) is 1. The van der Waals surface area contributed by atoms with Crippen LogP contribution in [-0.4, -0.2) is 20.7 Å². The first-order chi connectivity index (χ1) is 7.44. The van der Waals surface area contributed by atoms with Gasteiger partial charge in [-0.1, -0.05) is 18.2 Å². The molecule has 0 atom stereocenters. The van der Waals surface area contributed by atoms with Crippen molar-refractivity contribution in [3.05, 3.63) is 34.9 Å². The summed E-state index contributed by atoms with van der Waals surface area (Å²) in [6, 6.07) is 6.22. The molecule has 0 aromatic heterocycles. The molecule has 0 aliphatic carbocycles. The van der Waals surface area contributed by atoms with Crippen LogP contribution in [0, 0.1) is 13.8 Å². The molecule has 0 saturated heterocycles. The van der Waals surface area contributed by atoms with Crippen LogP contribution in [0.5, 0.6) is 0 Å². The van der Waals surface area contributed by atoms with Gasteiger partial charge in [-0.3, -0.25) is 0 Å². The van der Waals surface area contributed by atoms with E-state index in [1.165, 1.54) is 16.7 Å². The van der Waals surface area contributed by atoms with Gasteiger partial charge in [0, 0.05) is 6.54 Å². The van der Waals surface area contributed by atoms with Crippen LogP contribution in [0.1, 0.15) is 23.6 Å². The van der Waals surface area contributed by atoms with Gasteiger partial charge in [0.25, 0.3) is 0 Å². The first kappa shape index (κ1) is 13.2. The van der Waals surface area contributed by atoms with Crippen molar-refractivity contribution in [3.8, 4) is 0 Å². The average Bonchev–Trinajstić information content (AvgIpc) is 2.23. The summed E-state index contributed by atoms with van der Waals surface area (Å²) in [5.74, 6) is 0.139. The summed E-state index contributed by atoms with van der Waals surface area (Å²) in [4.78, 5) is 0. The fourth-order valence-corrected chi connectivity index (χ4v) is 2.03. The molecule has 0 amide bonds.